The minimum Gasteiger partial charge on any atom is -0.390 e. The number of likely N-dealkylation sites (N-methyl/N-ethyl adjacent to an activating group) is 4. The molecule has 1 fully saturated rings. The maximum Gasteiger partial charge on any atom is 0.245 e. The first-order valence-electron chi connectivity index (χ1n) is 18.6. The topological polar surface area (TPSA) is 189 Å². The van der Waals surface area contributed by atoms with Crippen LogP contribution < -0.4 is 16.0 Å². The number of rotatable bonds is 8. The van der Waals surface area contributed by atoms with E-state index in [0.717, 1.165) is 4.90 Å². The fourth-order valence-electron chi connectivity index (χ4n) is 6.03. The second-order valence-corrected chi connectivity index (χ2v) is 15.8. The molecule has 0 saturated carbocycles. The summed E-state index contributed by atoms with van der Waals surface area (Å²) in [6, 6.07) is -7.89. The van der Waals surface area contributed by atoms with Gasteiger partial charge in [0.25, 0.3) is 0 Å². The van der Waals surface area contributed by atoms with Crippen LogP contribution in [0.2, 0.25) is 0 Å². The number of hydrogen-bond donors (Lipinski definition) is 4. The maximum absolute atomic E-state index is 14.1. The number of nitrogens with one attached hydrogen (secondary N) is 3. The maximum atomic E-state index is 14.1. The van der Waals surface area contributed by atoms with Gasteiger partial charge in [-0.3, -0.25) is 33.6 Å². The van der Waals surface area contributed by atoms with Gasteiger partial charge in [0.2, 0.25) is 41.4 Å². The van der Waals surface area contributed by atoms with Crippen molar-refractivity contribution in [1.29, 1.82) is 0 Å². The Hall–Kier alpha value is -3.75. The van der Waals surface area contributed by atoms with Gasteiger partial charge in [-0.1, -0.05) is 61.8 Å². The molecule has 1 aliphatic heterocycles. The molecule has 1 saturated heterocycles. The third-order valence-electron chi connectivity index (χ3n) is 10.4. The zero-order chi connectivity index (χ0) is 40.5. The van der Waals surface area contributed by atoms with Crippen LogP contribution in [0.3, 0.4) is 0 Å². The highest BCUT2D eigenvalue weighted by Crippen LogP contribution is 2.19. The Morgan fingerprint density at radius 3 is 1.46 bits per heavy atom. The second kappa shape index (κ2) is 19.9. The Balaban J connectivity index is 3.92. The number of aliphatic hydroxyl groups is 1. The standard InChI is InChI=1S/C37H67N7O8/c1-16-22(8)28-37(52)43(14)25(11)35(50)44(15)27(18-20(4)5)32(47)38-26(17-19(2)3)36(51)42(13)24(10)34(49)41(12)23(9)31(46)40-29(33(48)39-28)30(45)21(6)7/h19-30,45H,16-18H2,1-15H3,(H,38,47)(H,39,48)(H,40,46)/t22-,23-,24+,25+,26+,27+,28-,29-,30-/m1/s1. The molecule has 1 rings (SSSR count). The van der Waals surface area contributed by atoms with Gasteiger partial charge in [0, 0.05) is 28.2 Å². The van der Waals surface area contributed by atoms with Crippen molar-refractivity contribution >= 4 is 41.4 Å². The normalized spacial score (nSPS) is 28.6. The summed E-state index contributed by atoms with van der Waals surface area (Å²) in [4.78, 5) is 102. The van der Waals surface area contributed by atoms with E-state index in [9.17, 15) is 38.7 Å². The van der Waals surface area contributed by atoms with Crippen molar-refractivity contribution in [2.45, 2.75) is 144 Å². The lowest BCUT2D eigenvalue weighted by molar-refractivity contribution is -0.150. The van der Waals surface area contributed by atoms with Gasteiger partial charge in [0.05, 0.1) is 6.10 Å². The van der Waals surface area contributed by atoms with Crippen LogP contribution in [0.25, 0.3) is 0 Å². The van der Waals surface area contributed by atoms with E-state index in [4.69, 9.17) is 0 Å². The molecule has 0 aromatic rings. The van der Waals surface area contributed by atoms with Crippen LogP contribution in [0.15, 0.2) is 0 Å². The molecule has 9 atom stereocenters. The van der Waals surface area contributed by atoms with Crippen LogP contribution in [0.4, 0.5) is 0 Å². The molecule has 15 nitrogen and oxygen atoms in total. The van der Waals surface area contributed by atoms with Crippen LogP contribution in [0.5, 0.6) is 0 Å². The third-order valence-corrected chi connectivity index (χ3v) is 10.4. The van der Waals surface area contributed by atoms with Crippen molar-refractivity contribution in [3.05, 3.63) is 0 Å². The lowest BCUT2D eigenvalue weighted by atomic mass is 9.94. The molecule has 15 heteroatoms. The lowest BCUT2D eigenvalue weighted by Crippen LogP contribution is -2.63. The summed E-state index contributed by atoms with van der Waals surface area (Å²) in [5.41, 5.74) is 0. The first-order chi connectivity index (χ1) is 23.9. The molecule has 4 N–H and O–H groups in total. The summed E-state index contributed by atoms with van der Waals surface area (Å²) in [6.07, 6.45) is -0.371. The van der Waals surface area contributed by atoms with E-state index < -0.39 is 102 Å². The van der Waals surface area contributed by atoms with Crippen molar-refractivity contribution < 1.29 is 38.7 Å². The molecule has 0 aromatic heterocycles. The Morgan fingerprint density at radius 2 is 1.00 bits per heavy atom. The summed E-state index contributed by atoms with van der Waals surface area (Å²) in [5, 5.41) is 19.3. The van der Waals surface area contributed by atoms with Crippen LogP contribution in [0.1, 0.15) is 95.4 Å². The Bertz CT molecular complexity index is 1290. The van der Waals surface area contributed by atoms with E-state index in [1.165, 1.54) is 63.7 Å². The summed E-state index contributed by atoms with van der Waals surface area (Å²) in [5.74, 6) is -5.26. The summed E-state index contributed by atoms with van der Waals surface area (Å²) < 4.78 is 0. The van der Waals surface area contributed by atoms with Gasteiger partial charge < -0.3 is 40.7 Å². The van der Waals surface area contributed by atoms with Gasteiger partial charge in [-0.25, -0.2) is 0 Å². The monoisotopic (exact) mass is 738 g/mol. The number of nitrogens with zero attached hydrogens (tertiary/aromatic N) is 4. The van der Waals surface area contributed by atoms with Gasteiger partial charge in [-0.05, 0) is 57.3 Å². The molecule has 0 spiro atoms. The quantitative estimate of drug-likeness (QED) is 0.284. The minimum absolute atomic E-state index is 0.0253. The number of carbonyl (C=O) groups excluding carboxylic acids is 7. The highest BCUT2D eigenvalue weighted by atomic mass is 16.3. The molecule has 1 heterocycles. The average Bonchev–Trinajstić information content (AvgIpc) is 3.09. The fourth-order valence-corrected chi connectivity index (χ4v) is 6.03. The van der Waals surface area contributed by atoms with E-state index in [1.807, 2.05) is 34.6 Å². The molecule has 7 amide bonds. The molecule has 0 aromatic carbocycles. The predicted molar refractivity (Wildman–Crippen MR) is 198 cm³/mol. The number of aliphatic hydroxyl groups excluding tert-OH is 1. The molecule has 0 aliphatic carbocycles. The van der Waals surface area contributed by atoms with E-state index >= 15 is 0 Å². The molecule has 0 radical (unpaired) electrons. The van der Waals surface area contributed by atoms with Crippen LogP contribution >= 0.6 is 0 Å². The average molecular weight is 738 g/mol. The van der Waals surface area contributed by atoms with Gasteiger partial charge in [-0.15, -0.1) is 0 Å². The Labute approximate surface area is 310 Å². The highest BCUT2D eigenvalue weighted by Gasteiger charge is 2.41. The third kappa shape index (κ3) is 11.6. The van der Waals surface area contributed by atoms with Gasteiger partial charge >= 0.3 is 0 Å². The fraction of sp³-hybridized carbons (Fsp3) is 0.811. The van der Waals surface area contributed by atoms with Crippen LogP contribution in [-0.2, 0) is 33.6 Å². The van der Waals surface area contributed by atoms with Crippen molar-refractivity contribution in [3.8, 4) is 0 Å². The Kier molecular flexibility index (Phi) is 17.7. The number of hydrogen-bond acceptors (Lipinski definition) is 8. The zero-order valence-electron chi connectivity index (χ0n) is 34.1. The molecule has 0 bridgehead atoms. The molecule has 0 unspecified atom stereocenters. The minimum atomic E-state index is -1.49. The first-order valence-corrected chi connectivity index (χ1v) is 18.6. The van der Waals surface area contributed by atoms with E-state index in [1.54, 1.807) is 20.8 Å². The van der Waals surface area contributed by atoms with Crippen LogP contribution in [-0.4, -0.2) is 143 Å². The SMILES string of the molecule is CC[C@@H](C)[C@H]1NC(=O)[C@@H]([C@H](O)C(C)C)NC(=O)[C@@H](C)N(C)C(=O)[C@H](C)N(C)C(=O)[C@H](CC(C)C)NC(=O)[C@H](CC(C)C)N(C)C(=O)[C@H](C)N(C)C1=O. The highest BCUT2D eigenvalue weighted by molar-refractivity contribution is 5.98. The van der Waals surface area contributed by atoms with Crippen molar-refractivity contribution in [1.82, 2.24) is 35.6 Å². The molecular formula is C37H67N7O8. The molecule has 52 heavy (non-hydrogen) atoms. The lowest BCUT2D eigenvalue weighted by Gasteiger charge is -2.37. The number of carbonyl (C=O) groups is 7. The largest absolute Gasteiger partial charge is 0.390 e. The zero-order valence-corrected chi connectivity index (χ0v) is 34.1. The summed E-state index contributed by atoms with van der Waals surface area (Å²) in [6.45, 7) is 19.1. The predicted octanol–water partition coefficient (Wildman–Crippen LogP) is 0.977. The Morgan fingerprint density at radius 1 is 0.558 bits per heavy atom. The van der Waals surface area contributed by atoms with Crippen LogP contribution in [0, 0.1) is 23.7 Å². The summed E-state index contributed by atoms with van der Waals surface area (Å²) in [7, 11) is 5.77. The second-order valence-electron chi connectivity index (χ2n) is 15.8. The van der Waals surface area contributed by atoms with E-state index in [0.29, 0.717) is 6.42 Å². The van der Waals surface area contributed by atoms with Crippen molar-refractivity contribution in [2.75, 3.05) is 28.2 Å². The molecular weight excluding hydrogens is 670 g/mol. The van der Waals surface area contributed by atoms with Gasteiger partial charge in [-0.2, -0.15) is 0 Å². The van der Waals surface area contributed by atoms with Gasteiger partial charge in [0.15, 0.2) is 0 Å². The smallest absolute Gasteiger partial charge is 0.245 e. The first kappa shape index (κ1) is 46.3. The molecule has 298 valence electrons. The van der Waals surface area contributed by atoms with Gasteiger partial charge in [0.1, 0.15) is 42.3 Å². The van der Waals surface area contributed by atoms with E-state index in [-0.39, 0.29) is 24.7 Å². The molecule has 1 aliphatic rings. The van der Waals surface area contributed by atoms with Crippen molar-refractivity contribution in [2.24, 2.45) is 23.7 Å². The van der Waals surface area contributed by atoms with Crippen molar-refractivity contribution in [3.63, 3.8) is 0 Å². The number of amides is 7. The summed E-state index contributed by atoms with van der Waals surface area (Å²) >= 11 is 0. The van der Waals surface area contributed by atoms with E-state index in [2.05, 4.69) is 16.0 Å².